The number of rotatable bonds is 7. The predicted molar refractivity (Wildman–Crippen MR) is 92.3 cm³/mol. The van der Waals surface area contributed by atoms with E-state index in [-0.39, 0.29) is 35.1 Å². The fraction of sp³-hybridized carbons (Fsp3) is 0.889. The molecule has 0 radical (unpaired) electrons. The van der Waals surface area contributed by atoms with Crippen molar-refractivity contribution in [3.8, 4) is 0 Å². The molecule has 136 valence electrons. The molecule has 0 aliphatic heterocycles. The number of ketones is 1. The molecule has 0 heterocycles. The Bertz CT molecular complexity index is 542. The lowest BCUT2D eigenvalue weighted by Crippen LogP contribution is -2.47. The van der Waals surface area contributed by atoms with Crippen LogP contribution in [0.1, 0.15) is 33.1 Å². The Morgan fingerprint density at radius 1 is 1.33 bits per heavy atom. The van der Waals surface area contributed by atoms with Gasteiger partial charge in [-0.15, -0.1) is 0 Å². The molecule has 0 aromatic rings. The highest BCUT2D eigenvalue weighted by molar-refractivity contribution is 6.76. The van der Waals surface area contributed by atoms with Crippen molar-refractivity contribution in [1.29, 1.82) is 0 Å². The fourth-order valence-electron chi connectivity index (χ4n) is 5.05. The van der Waals surface area contributed by atoms with E-state index in [0.29, 0.717) is 19.6 Å². The smallest absolute Gasteiger partial charge is 0.303 e. The van der Waals surface area contributed by atoms with Gasteiger partial charge in [0, 0.05) is 45.3 Å². The van der Waals surface area contributed by atoms with Crippen LogP contribution in [0.15, 0.2) is 0 Å². The third kappa shape index (κ3) is 2.97. The molecule has 0 aromatic heterocycles. The van der Waals surface area contributed by atoms with Gasteiger partial charge in [-0.3, -0.25) is 9.59 Å². The predicted octanol–water partition coefficient (Wildman–Crippen LogP) is 3.00. The largest absolute Gasteiger partial charge is 0.458 e. The van der Waals surface area contributed by atoms with Crippen molar-refractivity contribution in [2.24, 2.45) is 17.3 Å². The quantitative estimate of drug-likeness (QED) is 0.304. The number of carbonyl (C=O) groups is 2. The molecule has 0 aromatic carbocycles. The van der Waals surface area contributed by atoms with E-state index in [0.717, 1.165) is 19.1 Å². The molecule has 3 aliphatic carbocycles. The Balaban J connectivity index is 1.56. The van der Waals surface area contributed by atoms with Crippen molar-refractivity contribution in [3.05, 3.63) is 0 Å². The van der Waals surface area contributed by atoms with Crippen LogP contribution in [0.25, 0.3) is 0 Å². The summed E-state index contributed by atoms with van der Waals surface area (Å²) in [5.74, 6) is 0.0666. The number of hydrogen-bond acceptors (Lipinski definition) is 5. The lowest BCUT2D eigenvalue weighted by Gasteiger charge is -2.41. The Kier molecular flexibility index (Phi) is 4.46. The highest BCUT2D eigenvalue weighted by Crippen LogP contribution is 2.75. The van der Waals surface area contributed by atoms with Crippen LogP contribution in [0.5, 0.6) is 0 Å². The van der Waals surface area contributed by atoms with E-state index in [2.05, 4.69) is 26.6 Å². The second-order valence-corrected chi connectivity index (χ2v) is 14.8. The van der Waals surface area contributed by atoms with Crippen molar-refractivity contribution in [3.63, 3.8) is 0 Å². The van der Waals surface area contributed by atoms with E-state index < -0.39 is 13.7 Å². The van der Waals surface area contributed by atoms with Crippen LogP contribution < -0.4 is 0 Å². The van der Waals surface area contributed by atoms with E-state index in [1.807, 2.05) is 0 Å². The van der Waals surface area contributed by atoms with Crippen LogP contribution in [-0.2, 0) is 23.8 Å². The molecule has 5 atom stereocenters. The number of fused-ring (bicyclic) bond motifs is 1. The molecule has 24 heavy (non-hydrogen) atoms. The number of Topliss-reactive ketones (excluding diaryl/α,β-unsaturated/α-hetero) is 1. The summed E-state index contributed by atoms with van der Waals surface area (Å²) in [6, 6.07) is 1.12. The summed E-state index contributed by atoms with van der Waals surface area (Å²) in [6.07, 6.45) is 1.94. The molecule has 0 N–H and O–H groups in total. The standard InChI is InChI=1S/C18H30O5Si/c1-12(19)23-18-7-6-14(22-11-21-8-9-24(3,4)5)17(2)15(16(17)18)13(20)10-18/h14-16H,6-11H2,1-5H3/t14-,15+,16-,17+,18+/m0/s1. The average Bonchev–Trinajstić information content (AvgIpc) is 2.96. The van der Waals surface area contributed by atoms with Crippen molar-refractivity contribution < 1.29 is 23.8 Å². The summed E-state index contributed by atoms with van der Waals surface area (Å²) in [7, 11) is -1.09. The topological polar surface area (TPSA) is 61.8 Å². The van der Waals surface area contributed by atoms with E-state index in [1.54, 1.807) is 0 Å². The van der Waals surface area contributed by atoms with E-state index in [1.165, 1.54) is 6.92 Å². The van der Waals surface area contributed by atoms with Crippen LogP contribution in [0.4, 0.5) is 0 Å². The molecule has 5 nitrogen and oxygen atoms in total. The Labute approximate surface area is 145 Å². The zero-order valence-electron chi connectivity index (χ0n) is 15.5. The van der Waals surface area contributed by atoms with Gasteiger partial charge in [0.25, 0.3) is 0 Å². The number of ether oxygens (including phenoxy) is 3. The fourth-order valence-corrected chi connectivity index (χ4v) is 5.81. The van der Waals surface area contributed by atoms with Crippen LogP contribution in [0.3, 0.4) is 0 Å². The molecule has 6 heteroatoms. The lowest BCUT2D eigenvalue weighted by atomic mass is 9.73. The Morgan fingerprint density at radius 2 is 2.04 bits per heavy atom. The summed E-state index contributed by atoms with van der Waals surface area (Å²) < 4.78 is 17.3. The highest BCUT2D eigenvalue weighted by atomic mass is 28.3. The first kappa shape index (κ1) is 18.1. The van der Waals surface area contributed by atoms with Gasteiger partial charge in [0.2, 0.25) is 0 Å². The molecule has 0 unspecified atom stereocenters. The lowest BCUT2D eigenvalue weighted by molar-refractivity contribution is -0.178. The summed E-state index contributed by atoms with van der Waals surface area (Å²) in [4.78, 5) is 23.9. The van der Waals surface area contributed by atoms with Gasteiger partial charge in [0.05, 0.1) is 6.10 Å². The zero-order chi connectivity index (χ0) is 17.8. The van der Waals surface area contributed by atoms with Gasteiger partial charge in [0.15, 0.2) is 0 Å². The maximum Gasteiger partial charge on any atom is 0.303 e. The molecule has 3 aliphatic rings. The maximum atomic E-state index is 12.4. The summed E-state index contributed by atoms with van der Waals surface area (Å²) in [5, 5.41) is 0. The second kappa shape index (κ2) is 5.92. The highest BCUT2D eigenvalue weighted by Gasteiger charge is 2.82. The van der Waals surface area contributed by atoms with Gasteiger partial charge in [-0.05, 0) is 18.9 Å². The summed E-state index contributed by atoms with van der Waals surface area (Å²) in [5.41, 5.74) is -0.758. The number of hydrogen-bond donors (Lipinski definition) is 0. The molecule has 3 rings (SSSR count). The molecular formula is C18H30O5Si. The van der Waals surface area contributed by atoms with E-state index in [9.17, 15) is 9.59 Å². The molecule has 0 saturated heterocycles. The van der Waals surface area contributed by atoms with Crippen LogP contribution in [-0.4, -0.2) is 44.9 Å². The van der Waals surface area contributed by atoms with Crippen LogP contribution >= 0.6 is 0 Å². The van der Waals surface area contributed by atoms with Gasteiger partial charge in [-0.25, -0.2) is 0 Å². The minimum absolute atomic E-state index is 0.00803. The van der Waals surface area contributed by atoms with E-state index >= 15 is 0 Å². The van der Waals surface area contributed by atoms with Crippen LogP contribution in [0.2, 0.25) is 25.7 Å². The first-order valence-corrected chi connectivity index (χ1v) is 12.7. The first-order valence-electron chi connectivity index (χ1n) is 9.02. The molecule has 3 fully saturated rings. The van der Waals surface area contributed by atoms with Crippen molar-refractivity contribution in [1.82, 2.24) is 0 Å². The first-order chi connectivity index (χ1) is 11.1. The Morgan fingerprint density at radius 3 is 2.67 bits per heavy atom. The monoisotopic (exact) mass is 354 g/mol. The van der Waals surface area contributed by atoms with Gasteiger partial charge < -0.3 is 14.2 Å². The van der Waals surface area contributed by atoms with Gasteiger partial charge in [-0.2, -0.15) is 0 Å². The van der Waals surface area contributed by atoms with Crippen molar-refractivity contribution in [2.45, 2.75) is 70.5 Å². The van der Waals surface area contributed by atoms with Gasteiger partial charge >= 0.3 is 5.97 Å². The van der Waals surface area contributed by atoms with Gasteiger partial charge in [0.1, 0.15) is 18.2 Å². The van der Waals surface area contributed by atoms with Crippen molar-refractivity contribution in [2.75, 3.05) is 13.4 Å². The third-order valence-corrected chi connectivity index (χ3v) is 7.88. The number of carbonyl (C=O) groups excluding carboxylic acids is 2. The van der Waals surface area contributed by atoms with Crippen molar-refractivity contribution >= 4 is 19.8 Å². The zero-order valence-corrected chi connectivity index (χ0v) is 16.5. The van der Waals surface area contributed by atoms with E-state index in [4.69, 9.17) is 14.2 Å². The third-order valence-electron chi connectivity index (χ3n) is 6.17. The summed E-state index contributed by atoms with van der Waals surface area (Å²) in [6.45, 7) is 11.5. The second-order valence-electron chi connectivity index (χ2n) is 9.15. The maximum absolute atomic E-state index is 12.4. The molecular weight excluding hydrogens is 324 g/mol. The minimum atomic E-state index is -1.09. The molecule has 3 saturated carbocycles. The molecule has 0 spiro atoms. The van der Waals surface area contributed by atoms with Crippen LogP contribution in [0, 0.1) is 17.3 Å². The number of esters is 1. The average molecular weight is 355 g/mol. The molecule has 0 bridgehead atoms. The van der Waals surface area contributed by atoms with Gasteiger partial charge in [-0.1, -0.05) is 26.6 Å². The Hall–Kier alpha value is -0.723. The normalized spacial score (nSPS) is 40.4. The minimum Gasteiger partial charge on any atom is -0.458 e. The SMILES string of the molecule is CC(=O)O[C@]12CC[C@H](OCOCC[Si](C)(C)C)[C@]3(C)[C@H](C(=O)C1)[C@H]23. The summed E-state index contributed by atoms with van der Waals surface area (Å²) >= 11 is 0. The molecule has 0 amide bonds.